The molecule has 0 aliphatic carbocycles. The minimum atomic E-state index is 0.748. The predicted octanol–water partition coefficient (Wildman–Crippen LogP) is 5.30. The van der Waals surface area contributed by atoms with E-state index in [1.807, 2.05) is 0 Å². The van der Waals surface area contributed by atoms with Crippen LogP contribution < -0.4 is 0 Å². The van der Waals surface area contributed by atoms with Gasteiger partial charge < -0.3 is 0 Å². The molecule has 0 N–H and O–H groups in total. The summed E-state index contributed by atoms with van der Waals surface area (Å²) in [7, 11) is 0. The summed E-state index contributed by atoms with van der Waals surface area (Å²) in [6.45, 7) is 9.68. The zero-order chi connectivity index (χ0) is 19.2. The van der Waals surface area contributed by atoms with E-state index in [1.54, 1.807) is 5.56 Å². The van der Waals surface area contributed by atoms with Gasteiger partial charge in [0.15, 0.2) is 0 Å². The average Bonchev–Trinajstić information content (AvgIpc) is 2.74. The van der Waals surface area contributed by atoms with Crippen LogP contribution in [0.4, 0.5) is 0 Å². The van der Waals surface area contributed by atoms with Crippen LogP contribution in [-0.4, -0.2) is 36.0 Å². The highest BCUT2D eigenvalue weighted by atomic mass is 15.1. The summed E-state index contributed by atoms with van der Waals surface area (Å²) in [5, 5.41) is 0. The van der Waals surface area contributed by atoms with E-state index in [0.717, 1.165) is 19.0 Å². The number of fused-ring (bicyclic) bond motifs is 1. The second kappa shape index (κ2) is 9.71. The molecular formula is C26H36N2. The smallest absolute Gasteiger partial charge is 0.0236 e. The van der Waals surface area contributed by atoms with Crippen LogP contribution in [0.2, 0.25) is 0 Å². The summed E-state index contributed by atoms with van der Waals surface area (Å²) in [5.74, 6) is 0.748. The van der Waals surface area contributed by atoms with E-state index in [2.05, 4.69) is 65.3 Å². The number of nitrogens with zero attached hydrogens (tertiary/aromatic N) is 2. The largest absolute Gasteiger partial charge is 0.299 e. The Bertz CT molecular complexity index is 730. The lowest BCUT2D eigenvalue weighted by Crippen LogP contribution is -2.34. The van der Waals surface area contributed by atoms with Crippen molar-refractivity contribution in [2.75, 3.05) is 26.2 Å². The van der Waals surface area contributed by atoms with Gasteiger partial charge in [0.05, 0.1) is 0 Å². The molecule has 0 amide bonds. The Hall–Kier alpha value is -1.64. The van der Waals surface area contributed by atoms with E-state index in [1.165, 1.54) is 81.4 Å². The lowest BCUT2D eigenvalue weighted by molar-refractivity contribution is 0.215. The molecule has 1 saturated heterocycles. The molecule has 4 rings (SSSR count). The number of benzene rings is 2. The Morgan fingerprint density at radius 3 is 2.29 bits per heavy atom. The normalized spacial score (nSPS) is 19.3. The Kier molecular flexibility index (Phi) is 6.82. The molecule has 2 heterocycles. The second-order valence-corrected chi connectivity index (χ2v) is 9.05. The van der Waals surface area contributed by atoms with Gasteiger partial charge in [-0.25, -0.2) is 0 Å². The van der Waals surface area contributed by atoms with Gasteiger partial charge in [-0.05, 0) is 73.4 Å². The Morgan fingerprint density at radius 2 is 1.50 bits per heavy atom. The quantitative estimate of drug-likeness (QED) is 0.647. The Labute approximate surface area is 171 Å². The number of aryl methyl sites for hydroxylation is 1. The lowest BCUT2D eigenvalue weighted by Gasteiger charge is -2.31. The third-order valence-electron chi connectivity index (χ3n) is 6.58. The van der Waals surface area contributed by atoms with Gasteiger partial charge in [-0.2, -0.15) is 0 Å². The first kappa shape index (κ1) is 19.7. The molecule has 2 aliphatic rings. The predicted molar refractivity (Wildman–Crippen MR) is 118 cm³/mol. The zero-order valence-electron chi connectivity index (χ0n) is 17.6. The summed E-state index contributed by atoms with van der Waals surface area (Å²) in [5.41, 5.74) is 6.06. The molecular weight excluding hydrogens is 340 g/mol. The van der Waals surface area contributed by atoms with Gasteiger partial charge in [0.1, 0.15) is 0 Å². The van der Waals surface area contributed by atoms with Crippen LogP contribution in [0.5, 0.6) is 0 Å². The second-order valence-electron chi connectivity index (χ2n) is 9.05. The molecule has 2 aromatic carbocycles. The highest BCUT2D eigenvalue weighted by Gasteiger charge is 2.17. The van der Waals surface area contributed by atoms with Crippen molar-refractivity contribution in [1.29, 1.82) is 0 Å². The third kappa shape index (κ3) is 5.46. The first-order chi connectivity index (χ1) is 13.8. The molecule has 150 valence electrons. The van der Waals surface area contributed by atoms with Gasteiger partial charge in [0.2, 0.25) is 0 Å². The van der Waals surface area contributed by atoms with Crippen molar-refractivity contribution in [3.05, 3.63) is 70.8 Å². The number of hydrogen-bond donors (Lipinski definition) is 0. The zero-order valence-corrected chi connectivity index (χ0v) is 17.6. The lowest BCUT2D eigenvalue weighted by atomic mass is 9.96. The maximum Gasteiger partial charge on any atom is 0.0236 e. The fraction of sp³-hybridized carbons (Fsp3) is 0.538. The molecule has 1 fully saturated rings. The van der Waals surface area contributed by atoms with Crippen LogP contribution in [0.15, 0.2) is 48.5 Å². The van der Waals surface area contributed by atoms with Crippen molar-refractivity contribution in [2.45, 2.75) is 58.5 Å². The molecule has 28 heavy (non-hydrogen) atoms. The van der Waals surface area contributed by atoms with E-state index in [-0.39, 0.29) is 0 Å². The maximum atomic E-state index is 2.65. The van der Waals surface area contributed by atoms with Crippen LogP contribution in [0.1, 0.15) is 54.9 Å². The number of hydrogen-bond acceptors (Lipinski definition) is 2. The van der Waals surface area contributed by atoms with Crippen molar-refractivity contribution in [1.82, 2.24) is 9.80 Å². The van der Waals surface area contributed by atoms with Gasteiger partial charge in [-0.15, -0.1) is 0 Å². The highest BCUT2D eigenvalue weighted by molar-refractivity contribution is 5.29. The van der Waals surface area contributed by atoms with E-state index in [9.17, 15) is 0 Å². The Balaban J connectivity index is 1.21. The van der Waals surface area contributed by atoms with Crippen LogP contribution in [-0.2, 0) is 25.9 Å². The van der Waals surface area contributed by atoms with Gasteiger partial charge in [0.25, 0.3) is 0 Å². The highest BCUT2D eigenvalue weighted by Crippen LogP contribution is 2.21. The number of piperidine rings is 1. The van der Waals surface area contributed by atoms with Gasteiger partial charge >= 0.3 is 0 Å². The van der Waals surface area contributed by atoms with E-state index < -0.39 is 0 Å². The first-order valence-electron chi connectivity index (χ1n) is 11.4. The molecule has 0 aromatic heterocycles. The van der Waals surface area contributed by atoms with Crippen molar-refractivity contribution >= 4 is 0 Å². The molecule has 2 aliphatic heterocycles. The van der Waals surface area contributed by atoms with Crippen LogP contribution in [0.3, 0.4) is 0 Å². The monoisotopic (exact) mass is 376 g/mol. The maximum absolute atomic E-state index is 2.65. The van der Waals surface area contributed by atoms with E-state index in [4.69, 9.17) is 0 Å². The van der Waals surface area contributed by atoms with Gasteiger partial charge in [-0.1, -0.05) is 61.9 Å². The van der Waals surface area contributed by atoms with Crippen molar-refractivity contribution in [3.63, 3.8) is 0 Å². The molecule has 2 nitrogen and oxygen atoms in total. The van der Waals surface area contributed by atoms with Crippen LogP contribution in [0, 0.1) is 5.92 Å². The van der Waals surface area contributed by atoms with Gasteiger partial charge in [-0.3, -0.25) is 9.80 Å². The minimum absolute atomic E-state index is 0.748. The van der Waals surface area contributed by atoms with Crippen LogP contribution >= 0.6 is 0 Å². The summed E-state index contributed by atoms with van der Waals surface area (Å²) in [6.07, 6.45) is 7.86. The molecule has 1 atom stereocenters. The summed E-state index contributed by atoms with van der Waals surface area (Å²) in [6, 6.07) is 18.4. The molecule has 0 spiro atoms. The van der Waals surface area contributed by atoms with Crippen molar-refractivity contribution in [3.8, 4) is 0 Å². The third-order valence-corrected chi connectivity index (χ3v) is 6.58. The summed E-state index contributed by atoms with van der Waals surface area (Å²) < 4.78 is 0. The number of rotatable bonds is 7. The Morgan fingerprint density at radius 1 is 0.786 bits per heavy atom. The molecule has 0 bridgehead atoms. The molecule has 2 heteroatoms. The van der Waals surface area contributed by atoms with E-state index in [0.29, 0.717) is 0 Å². The molecule has 0 radical (unpaired) electrons. The topological polar surface area (TPSA) is 6.48 Å². The van der Waals surface area contributed by atoms with Crippen molar-refractivity contribution in [2.24, 2.45) is 5.92 Å². The van der Waals surface area contributed by atoms with Crippen molar-refractivity contribution < 1.29 is 0 Å². The fourth-order valence-electron chi connectivity index (χ4n) is 4.84. The first-order valence-corrected chi connectivity index (χ1v) is 11.4. The molecule has 1 unspecified atom stereocenters. The minimum Gasteiger partial charge on any atom is -0.299 e. The molecule has 0 saturated carbocycles. The molecule has 2 aromatic rings. The van der Waals surface area contributed by atoms with Crippen LogP contribution in [0.25, 0.3) is 0 Å². The number of likely N-dealkylation sites (tertiary alicyclic amines) is 1. The standard InChI is InChI=1S/C26H36N2/c1-22(19-28-18-15-25-7-3-4-8-26(25)21-28)9-10-23-11-13-24(14-12-23)20-27-16-5-2-6-17-27/h3-4,7-8,11-14,22H,2,5-6,9-10,15-21H2,1H3. The summed E-state index contributed by atoms with van der Waals surface area (Å²) >= 11 is 0. The van der Waals surface area contributed by atoms with Gasteiger partial charge in [0, 0.05) is 26.2 Å². The SMILES string of the molecule is CC(CCc1ccc(CN2CCCCC2)cc1)CN1CCc2ccccc2C1. The average molecular weight is 377 g/mol. The summed E-state index contributed by atoms with van der Waals surface area (Å²) in [4.78, 5) is 5.26. The fourth-order valence-corrected chi connectivity index (χ4v) is 4.84. The van der Waals surface area contributed by atoms with E-state index >= 15 is 0 Å².